The second-order valence-electron chi connectivity index (χ2n) is 7.93. The lowest BCUT2D eigenvalue weighted by Gasteiger charge is -2.34. The number of rotatable bonds is 9. The summed E-state index contributed by atoms with van der Waals surface area (Å²) in [6, 6.07) is 14.8. The summed E-state index contributed by atoms with van der Waals surface area (Å²) < 4.78 is 7.32. The van der Waals surface area contributed by atoms with Crippen molar-refractivity contribution in [1.82, 2.24) is 19.4 Å². The molecule has 0 bridgehead atoms. The maximum Gasteiger partial charge on any atom is 0.262 e. The fourth-order valence-electron chi connectivity index (χ4n) is 3.82. The molecule has 3 aromatic rings. The molecule has 34 heavy (non-hydrogen) atoms. The summed E-state index contributed by atoms with van der Waals surface area (Å²) in [6.45, 7) is 8.46. The van der Waals surface area contributed by atoms with Gasteiger partial charge in [0.25, 0.3) is 5.56 Å². The standard InChI is InChI=1S/C25H27ClN4O3S/c1-2-10-30-24(32)21-9-8-19(26)17-22(21)27-25(30)34-18-23(31)29-13-11-28(12-14-29)15-16-33-20-6-4-3-5-7-20/h2-9,17H,1,10-16,18H2. The number of piperazine rings is 1. The Labute approximate surface area is 208 Å². The molecule has 0 spiro atoms. The molecular formula is C25H27ClN4O3S. The van der Waals surface area contributed by atoms with Crippen molar-refractivity contribution < 1.29 is 9.53 Å². The van der Waals surface area contributed by atoms with Crippen molar-refractivity contribution in [3.05, 3.63) is 76.6 Å². The van der Waals surface area contributed by atoms with Gasteiger partial charge in [-0.1, -0.05) is 47.6 Å². The minimum Gasteiger partial charge on any atom is -0.492 e. The molecule has 0 unspecified atom stereocenters. The molecule has 0 aliphatic carbocycles. The van der Waals surface area contributed by atoms with Gasteiger partial charge in [0.1, 0.15) is 12.4 Å². The maximum atomic E-state index is 12.9. The molecule has 1 aliphatic heterocycles. The van der Waals surface area contributed by atoms with Crippen LogP contribution in [0.25, 0.3) is 10.9 Å². The first-order chi connectivity index (χ1) is 16.5. The van der Waals surface area contributed by atoms with Gasteiger partial charge in [-0.15, -0.1) is 6.58 Å². The first-order valence-corrected chi connectivity index (χ1v) is 12.5. The SMILES string of the molecule is C=CCn1c(SCC(=O)N2CCN(CCOc3ccccc3)CC2)nc2cc(Cl)ccc2c1=O. The topological polar surface area (TPSA) is 67.7 Å². The summed E-state index contributed by atoms with van der Waals surface area (Å²) >= 11 is 7.36. The highest BCUT2D eigenvalue weighted by molar-refractivity contribution is 7.99. The van der Waals surface area contributed by atoms with E-state index in [2.05, 4.69) is 16.5 Å². The van der Waals surface area contributed by atoms with Crippen molar-refractivity contribution in [3.8, 4) is 5.75 Å². The van der Waals surface area contributed by atoms with Crippen LogP contribution >= 0.6 is 23.4 Å². The highest BCUT2D eigenvalue weighted by Crippen LogP contribution is 2.21. The molecule has 0 radical (unpaired) electrons. The molecule has 2 aromatic carbocycles. The summed E-state index contributed by atoms with van der Waals surface area (Å²) in [5.41, 5.74) is 0.363. The predicted molar refractivity (Wildman–Crippen MR) is 137 cm³/mol. The Balaban J connectivity index is 1.31. The number of nitrogens with zero attached hydrogens (tertiary/aromatic N) is 4. The van der Waals surface area contributed by atoms with E-state index in [4.69, 9.17) is 16.3 Å². The number of halogens is 1. The van der Waals surface area contributed by atoms with Gasteiger partial charge in [0, 0.05) is 44.3 Å². The van der Waals surface area contributed by atoms with Crippen LogP contribution < -0.4 is 10.3 Å². The quantitative estimate of drug-likeness (QED) is 0.255. The van der Waals surface area contributed by atoms with Gasteiger partial charge in [-0.2, -0.15) is 0 Å². The summed E-state index contributed by atoms with van der Waals surface area (Å²) in [4.78, 5) is 34.5. The van der Waals surface area contributed by atoms with Gasteiger partial charge >= 0.3 is 0 Å². The number of benzene rings is 2. The number of aromatic nitrogens is 2. The van der Waals surface area contributed by atoms with Crippen LogP contribution in [0.3, 0.4) is 0 Å². The number of carbonyl (C=O) groups is 1. The van der Waals surface area contributed by atoms with E-state index >= 15 is 0 Å². The van der Waals surface area contributed by atoms with Gasteiger partial charge in [-0.25, -0.2) is 4.98 Å². The van der Waals surface area contributed by atoms with Gasteiger partial charge in [0.15, 0.2) is 5.16 Å². The Morgan fingerprint density at radius 2 is 1.91 bits per heavy atom. The summed E-state index contributed by atoms with van der Waals surface area (Å²) in [5, 5.41) is 1.50. The lowest BCUT2D eigenvalue weighted by atomic mass is 10.2. The Hall–Kier alpha value is -2.81. The lowest BCUT2D eigenvalue weighted by molar-refractivity contribution is -0.130. The summed E-state index contributed by atoms with van der Waals surface area (Å²) in [5.74, 6) is 1.12. The molecule has 0 saturated carbocycles. The molecule has 1 fully saturated rings. The van der Waals surface area contributed by atoms with Gasteiger partial charge in [-0.05, 0) is 30.3 Å². The molecule has 2 heterocycles. The second-order valence-corrected chi connectivity index (χ2v) is 9.31. The van der Waals surface area contributed by atoms with Gasteiger partial charge in [0.2, 0.25) is 5.91 Å². The highest BCUT2D eigenvalue weighted by Gasteiger charge is 2.22. The van der Waals surface area contributed by atoms with Gasteiger partial charge < -0.3 is 9.64 Å². The number of hydrogen-bond acceptors (Lipinski definition) is 6. The largest absolute Gasteiger partial charge is 0.492 e. The summed E-state index contributed by atoms with van der Waals surface area (Å²) in [6.07, 6.45) is 1.65. The van der Waals surface area contributed by atoms with E-state index in [1.807, 2.05) is 35.2 Å². The monoisotopic (exact) mass is 498 g/mol. The molecule has 1 saturated heterocycles. The minimum atomic E-state index is -0.164. The van der Waals surface area contributed by atoms with E-state index in [1.165, 1.54) is 11.8 Å². The van der Waals surface area contributed by atoms with Crippen molar-refractivity contribution in [1.29, 1.82) is 0 Å². The zero-order valence-electron chi connectivity index (χ0n) is 18.9. The van der Waals surface area contributed by atoms with Crippen LogP contribution in [-0.2, 0) is 11.3 Å². The highest BCUT2D eigenvalue weighted by atomic mass is 35.5. The van der Waals surface area contributed by atoms with Crippen molar-refractivity contribution in [2.75, 3.05) is 45.1 Å². The van der Waals surface area contributed by atoms with Crippen LogP contribution in [0.2, 0.25) is 5.02 Å². The number of hydrogen-bond donors (Lipinski definition) is 0. The van der Waals surface area contributed by atoms with E-state index < -0.39 is 0 Å². The smallest absolute Gasteiger partial charge is 0.262 e. The minimum absolute atomic E-state index is 0.0378. The maximum absolute atomic E-state index is 12.9. The molecule has 0 N–H and O–H groups in total. The molecule has 4 rings (SSSR count). The predicted octanol–water partition coefficient (Wildman–Crippen LogP) is 3.55. The average molecular weight is 499 g/mol. The van der Waals surface area contributed by atoms with Crippen LogP contribution in [0, 0.1) is 0 Å². The van der Waals surface area contributed by atoms with Crippen molar-refractivity contribution in [2.24, 2.45) is 0 Å². The van der Waals surface area contributed by atoms with E-state index in [0.29, 0.717) is 47.3 Å². The summed E-state index contributed by atoms with van der Waals surface area (Å²) in [7, 11) is 0. The van der Waals surface area contributed by atoms with Crippen molar-refractivity contribution in [2.45, 2.75) is 11.7 Å². The normalized spacial score (nSPS) is 14.3. The number of carbonyl (C=O) groups excluding carboxylic acids is 1. The third kappa shape index (κ3) is 6.00. The van der Waals surface area contributed by atoms with E-state index in [-0.39, 0.29) is 17.2 Å². The third-order valence-electron chi connectivity index (χ3n) is 5.66. The Morgan fingerprint density at radius 1 is 1.15 bits per heavy atom. The van der Waals surface area contributed by atoms with Crippen LogP contribution in [0.15, 0.2) is 71.1 Å². The average Bonchev–Trinajstić information content (AvgIpc) is 2.85. The zero-order valence-corrected chi connectivity index (χ0v) is 20.4. The Bertz CT molecular complexity index is 1210. The molecule has 1 aliphatic rings. The number of fused-ring (bicyclic) bond motifs is 1. The number of allylic oxidation sites excluding steroid dienone is 1. The number of thioether (sulfide) groups is 1. The Morgan fingerprint density at radius 3 is 2.65 bits per heavy atom. The molecule has 1 aromatic heterocycles. The number of amides is 1. The molecule has 1 amide bonds. The zero-order chi connectivity index (χ0) is 23.9. The van der Waals surface area contributed by atoms with Crippen molar-refractivity contribution in [3.63, 3.8) is 0 Å². The first-order valence-electron chi connectivity index (χ1n) is 11.2. The molecular weight excluding hydrogens is 472 g/mol. The third-order valence-corrected chi connectivity index (χ3v) is 6.86. The van der Waals surface area contributed by atoms with Gasteiger partial charge in [0.05, 0.1) is 16.7 Å². The Kier molecular flexibility index (Phi) is 8.26. The molecule has 178 valence electrons. The van der Waals surface area contributed by atoms with Crippen LogP contribution in [-0.4, -0.2) is 70.3 Å². The van der Waals surface area contributed by atoms with Crippen LogP contribution in [0.5, 0.6) is 5.75 Å². The molecule has 0 atom stereocenters. The van der Waals surface area contributed by atoms with E-state index in [1.54, 1.807) is 28.8 Å². The van der Waals surface area contributed by atoms with Gasteiger partial charge in [-0.3, -0.25) is 19.1 Å². The van der Waals surface area contributed by atoms with Crippen LogP contribution in [0.1, 0.15) is 0 Å². The fourth-order valence-corrected chi connectivity index (χ4v) is 4.90. The lowest BCUT2D eigenvalue weighted by Crippen LogP contribution is -2.50. The van der Waals surface area contributed by atoms with Crippen molar-refractivity contribution >= 4 is 40.2 Å². The fraction of sp³-hybridized carbons (Fsp3) is 0.320. The molecule has 7 nitrogen and oxygen atoms in total. The molecule has 9 heteroatoms. The van der Waals surface area contributed by atoms with Crippen LogP contribution in [0.4, 0.5) is 0 Å². The van der Waals surface area contributed by atoms with E-state index in [9.17, 15) is 9.59 Å². The van der Waals surface area contributed by atoms with E-state index in [0.717, 1.165) is 25.4 Å². The number of ether oxygens (including phenoxy) is 1. The number of para-hydroxylation sites is 1. The first kappa shape index (κ1) is 24.3. The second kappa shape index (κ2) is 11.6.